The van der Waals surface area contributed by atoms with Crippen LogP contribution in [0.1, 0.15) is 24.3 Å². The highest BCUT2D eigenvalue weighted by molar-refractivity contribution is 5.85. The van der Waals surface area contributed by atoms with E-state index in [0.29, 0.717) is 5.92 Å². The molecule has 0 bridgehead atoms. The number of rotatable bonds is 7. The van der Waals surface area contributed by atoms with Crippen LogP contribution in [0, 0.1) is 0 Å². The topological polar surface area (TPSA) is 43.4 Å². The molecular weight excluding hydrogens is 451 g/mol. The van der Waals surface area contributed by atoms with Gasteiger partial charge in [-0.15, -0.1) is 24.8 Å². The second-order valence-electron chi connectivity index (χ2n) is 7.89. The molecule has 8 heteroatoms. The van der Waals surface area contributed by atoms with Crippen LogP contribution in [-0.2, 0) is 0 Å². The van der Waals surface area contributed by atoms with Crippen molar-refractivity contribution >= 4 is 30.5 Å². The zero-order valence-corrected chi connectivity index (χ0v) is 20.7. The molecule has 0 aromatic heterocycles. The van der Waals surface area contributed by atoms with Crippen LogP contribution in [0.15, 0.2) is 36.4 Å². The third-order valence-corrected chi connectivity index (χ3v) is 6.28. The third-order valence-electron chi connectivity index (χ3n) is 6.28. The fraction of sp³-hybridized carbons (Fsp3) is 0.500. The van der Waals surface area contributed by atoms with Crippen LogP contribution in [0.3, 0.4) is 0 Å². The lowest BCUT2D eigenvalue weighted by atomic mass is 9.90. The number of piperazine rings is 1. The molecule has 2 aliphatic heterocycles. The number of hydrogen-bond donors (Lipinski definition) is 0. The summed E-state index contributed by atoms with van der Waals surface area (Å²) in [6.45, 7) is 6.10. The van der Waals surface area contributed by atoms with Gasteiger partial charge in [0.15, 0.2) is 11.5 Å². The Kier molecular flexibility index (Phi) is 10.1. The van der Waals surface area contributed by atoms with Crippen LogP contribution < -0.4 is 23.8 Å². The first-order valence-electron chi connectivity index (χ1n) is 10.7. The summed E-state index contributed by atoms with van der Waals surface area (Å²) in [7, 11) is 5.07. The zero-order valence-electron chi connectivity index (χ0n) is 19.0. The SMILES string of the molecule is COc1ccc2c(c1)C(CCN1CCN(c3ccc(OC)c(OC)c3)CC1)CCO2.Cl.Cl. The lowest BCUT2D eigenvalue weighted by molar-refractivity contribution is 0.223. The highest BCUT2D eigenvalue weighted by Gasteiger charge is 2.24. The van der Waals surface area contributed by atoms with Gasteiger partial charge in [0.2, 0.25) is 0 Å². The average Bonchev–Trinajstić information content (AvgIpc) is 2.82. The molecule has 4 rings (SSSR count). The first-order chi connectivity index (χ1) is 14.7. The van der Waals surface area contributed by atoms with Crippen molar-refractivity contribution in [2.45, 2.75) is 18.8 Å². The van der Waals surface area contributed by atoms with Gasteiger partial charge >= 0.3 is 0 Å². The molecule has 0 radical (unpaired) electrons. The molecule has 2 heterocycles. The summed E-state index contributed by atoms with van der Waals surface area (Å²) in [5, 5.41) is 0. The van der Waals surface area contributed by atoms with Gasteiger partial charge in [0, 0.05) is 43.5 Å². The molecule has 6 nitrogen and oxygen atoms in total. The maximum Gasteiger partial charge on any atom is 0.162 e. The Balaban J connectivity index is 0.00000181. The van der Waals surface area contributed by atoms with E-state index in [1.165, 1.54) is 11.3 Å². The van der Waals surface area contributed by atoms with Gasteiger partial charge in [-0.1, -0.05) is 0 Å². The van der Waals surface area contributed by atoms with Gasteiger partial charge in [-0.25, -0.2) is 0 Å². The number of halogens is 2. The van der Waals surface area contributed by atoms with Crippen molar-refractivity contribution < 1.29 is 18.9 Å². The van der Waals surface area contributed by atoms with Crippen molar-refractivity contribution in [2.75, 3.05) is 65.6 Å². The normalized spacial score (nSPS) is 17.8. The molecule has 2 aromatic rings. The van der Waals surface area contributed by atoms with Crippen LogP contribution in [0.5, 0.6) is 23.0 Å². The molecule has 1 fully saturated rings. The van der Waals surface area contributed by atoms with E-state index in [0.717, 1.165) is 75.2 Å². The van der Waals surface area contributed by atoms with E-state index < -0.39 is 0 Å². The first-order valence-corrected chi connectivity index (χ1v) is 10.7. The molecule has 0 aliphatic carbocycles. The smallest absolute Gasteiger partial charge is 0.162 e. The van der Waals surface area contributed by atoms with Gasteiger partial charge in [-0.3, -0.25) is 4.90 Å². The molecular formula is C24H34Cl2N2O4. The summed E-state index contributed by atoms with van der Waals surface area (Å²) in [5.74, 6) is 4.02. The van der Waals surface area contributed by atoms with E-state index in [1.807, 2.05) is 18.2 Å². The summed E-state index contributed by atoms with van der Waals surface area (Å²) in [6.07, 6.45) is 2.23. The van der Waals surface area contributed by atoms with Crippen LogP contribution in [-0.4, -0.2) is 65.6 Å². The fourth-order valence-electron chi connectivity index (χ4n) is 4.46. The van der Waals surface area contributed by atoms with Crippen LogP contribution in [0.4, 0.5) is 5.69 Å². The van der Waals surface area contributed by atoms with Gasteiger partial charge < -0.3 is 23.8 Å². The number of methoxy groups -OCH3 is 3. The van der Waals surface area contributed by atoms with E-state index in [2.05, 4.69) is 28.0 Å². The van der Waals surface area contributed by atoms with E-state index in [-0.39, 0.29) is 24.8 Å². The van der Waals surface area contributed by atoms with Crippen molar-refractivity contribution in [2.24, 2.45) is 0 Å². The second-order valence-corrected chi connectivity index (χ2v) is 7.89. The molecule has 2 aromatic carbocycles. The van der Waals surface area contributed by atoms with Gasteiger partial charge in [-0.05, 0) is 55.6 Å². The Hall–Kier alpha value is -2.02. The molecule has 0 amide bonds. The lowest BCUT2D eigenvalue weighted by Crippen LogP contribution is -2.46. The molecule has 32 heavy (non-hydrogen) atoms. The quantitative estimate of drug-likeness (QED) is 0.570. The van der Waals surface area contributed by atoms with E-state index in [4.69, 9.17) is 18.9 Å². The summed E-state index contributed by atoms with van der Waals surface area (Å²) >= 11 is 0. The largest absolute Gasteiger partial charge is 0.497 e. The first kappa shape index (κ1) is 26.2. The van der Waals surface area contributed by atoms with Crippen molar-refractivity contribution in [3.05, 3.63) is 42.0 Å². The summed E-state index contributed by atoms with van der Waals surface area (Å²) in [5.41, 5.74) is 2.49. The summed E-state index contributed by atoms with van der Waals surface area (Å²) in [6, 6.07) is 12.3. The number of ether oxygens (including phenoxy) is 4. The highest BCUT2D eigenvalue weighted by atomic mass is 35.5. The minimum absolute atomic E-state index is 0. The van der Waals surface area contributed by atoms with Gasteiger partial charge in [-0.2, -0.15) is 0 Å². The number of anilines is 1. The van der Waals surface area contributed by atoms with Crippen molar-refractivity contribution in [1.82, 2.24) is 4.90 Å². The second kappa shape index (κ2) is 12.3. The molecule has 1 unspecified atom stereocenters. The van der Waals surface area contributed by atoms with E-state index in [9.17, 15) is 0 Å². The zero-order chi connectivity index (χ0) is 20.9. The summed E-state index contributed by atoms with van der Waals surface area (Å²) < 4.78 is 22.1. The van der Waals surface area contributed by atoms with Crippen molar-refractivity contribution in [1.29, 1.82) is 0 Å². The number of benzene rings is 2. The fourth-order valence-corrected chi connectivity index (χ4v) is 4.46. The monoisotopic (exact) mass is 484 g/mol. The standard InChI is InChI=1S/C24H32N2O4.2ClH/c1-27-20-5-7-22-21(17-20)18(9-15-30-22)8-10-25-11-13-26(14-12-25)19-4-6-23(28-2)24(16-19)29-3;;/h4-7,16-18H,8-15H2,1-3H3;2*1H. The van der Waals surface area contributed by atoms with Gasteiger partial charge in [0.05, 0.1) is 27.9 Å². The Morgan fingerprint density at radius 2 is 1.62 bits per heavy atom. The minimum Gasteiger partial charge on any atom is -0.497 e. The van der Waals surface area contributed by atoms with Crippen molar-refractivity contribution in [3.8, 4) is 23.0 Å². The van der Waals surface area contributed by atoms with Crippen LogP contribution >= 0.6 is 24.8 Å². The third kappa shape index (κ3) is 5.85. The Bertz CT molecular complexity index is 860. The number of hydrogen-bond acceptors (Lipinski definition) is 6. The van der Waals surface area contributed by atoms with Gasteiger partial charge in [0.1, 0.15) is 11.5 Å². The number of fused-ring (bicyclic) bond motifs is 1. The average molecular weight is 485 g/mol. The Morgan fingerprint density at radius 3 is 2.31 bits per heavy atom. The predicted molar refractivity (Wildman–Crippen MR) is 133 cm³/mol. The molecule has 178 valence electrons. The molecule has 0 spiro atoms. The molecule has 0 saturated carbocycles. The van der Waals surface area contributed by atoms with Gasteiger partial charge in [0.25, 0.3) is 0 Å². The predicted octanol–water partition coefficient (Wildman–Crippen LogP) is 4.63. The Morgan fingerprint density at radius 1 is 0.875 bits per heavy atom. The molecule has 1 atom stereocenters. The van der Waals surface area contributed by atoms with E-state index >= 15 is 0 Å². The highest BCUT2D eigenvalue weighted by Crippen LogP contribution is 2.38. The molecule has 2 aliphatic rings. The van der Waals surface area contributed by atoms with E-state index in [1.54, 1.807) is 21.3 Å². The maximum atomic E-state index is 5.85. The van der Waals surface area contributed by atoms with Crippen LogP contribution in [0.2, 0.25) is 0 Å². The Labute approximate surface area is 203 Å². The number of nitrogens with zero attached hydrogens (tertiary/aromatic N) is 2. The minimum atomic E-state index is 0. The lowest BCUT2D eigenvalue weighted by Gasteiger charge is -2.37. The maximum absolute atomic E-state index is 5.85. The molecule has 0 N–H and O–H groups in total. The molecule has 1 saturated heterocycles. The van der Waals surface area contributed by atoms with Crippen LogP contribution in [0.25, 0.3) is 0 Å². The van der Waals surface area contributed by atoms with Crippen molar-refractivity contribution in [3.63, 3.8) is 0 Å². The summed E-state index contributed by atoms with van der Waals surface area (Å²) in [4.78, 5) is 5.00.